The number of nitrogens with zero attached hydrogens (tertiary/aromatic N) is 1. The van der Waals surface area contributed by atoms with Crippen LogP contribution < -0.4 is 5.32 Å². The summed E-state index contributed by atoms with van der Waals surface area (Å²) in [4.78, 5) is 16.8. The van der Waals surface area contributed by atoms with E-state index in [9.17, 15) is 4.79 Å². The van der Waals surface area contributed by atoms with Crippen molar-refractivity contribution in [2.75, 3.05) is 20.3 Å². The second kappa shape index (κ2) is 7.38. The molecule has 0 aliphatic carbocycles. The van der Waals surface area contributed by atoms with Crippen molar-refractivity contribution in [2.24, 2.45) is 0 Å². The summed E-state index contributed by atoms with van der Waals surface area (Å²) in [6.45, 7) is 2.89. The topological polar surface area (TPSA) is 51.2 Å². The highest BCUT2D eigenvalue weighted by molar-refractivity contribution is 6.20. The number of amides is 1. The summed E-state index contributed by atoms with van der Waals surface area (Å²) in [5, 5.41) is 3.67. The Morgan fingerprint density at radius 3 is 2.95 bits per heavy atom. The van der Waals surface area contributed by atoms with Crippen LogP contribution in [0, 0.1) is 6.92 Å². The van der Waals surface area contributed by atoms with Crippen LogP contribution >= 0.6 is 11.6 Å². The number of nitrogens with one attached hydrogen (secondary N) is 1. The zero-order chi connectivity index (χ0) is 15.2. The summed E-state index contributed by atoms with van der Waals surface area (Å²) < 4.78 is 4.97. The molecule has 1 unspecified atom stereocenters. The van der Waals surface area contributed by atoms with E-state index >= 15 is 0 Å². The van der Waals surface area contributed by atoms with Crippen molar-refractivity contribution < 1.29 is 9.53 Å². The fraction of sp³-hybridized carbons (Fsp3) is 0.375. The molecule has 5 heteroatoms. The van der Waals surface area contributed by atoms with Gasteiger partial charge in [-0.1, -0.05) is 18.2 Å². The smallest absolute Gasteiger partial charge is 0.252 e. The number of aromatic nitrogens is 1. The maximum atomic E-state index is 12.3. The molecule has 1 heterocycles. The van der Waals surface area contributed by atoms with Gasteiger partial charge in [-0.3, -0.25) is 9.78 Å². The number of ether oxygens (including phenoxy) is 1. The van der Waals surface area contributed by atoms with Crippen molar-refractivity contribution in [1.82, 2.24) is 10.3 Å². The van der Waals surface area contributed by atoms with Crippen molar-refractivity contribution in [1.29, 1.82) is 0 Å². The first kappa shape index (κ1) is 15.7. The minimum Gasteiger partial charge on any atom is -0.383 e. The SMILES string of the molecule is COCC(Cl)CCNC(=O)c1cc(C)nc2ccccc12. The molecular formula is C16H19ClN2O2. The zero-order valence-electron chi connectivity index (χ0n) is 12.2. The predicted octanol–water partition coefficient (Wildman–Crippen LogP) is 2.92. The van der Waals surface area contributed by atoms with Crippen LogP contribution in [-0.2, 0) is 4.74 Å². The maximum Gasteiger partial charge on any atom is 0.252 e. The maximum absolute atomic E-state index is 12.3. The van der Waals surface area contributed by atoms with Gasteiger partial charge in [-0.25, -0.2) is 0 Å². The van der Waals surface area contributed by atoms with Gasteiger partial charge < -0.3 is 10.1 Å². The Bertz CT molecular complexity index is 631. The second-order valence-electron chi connectivity index (χ2n) is 4.93. The van der Waals surface area contributed by atoms with Gasteiger partial charge in [-0.15, -0.1) is 11.6 Å². The molecule has 1 atom stereocenters. The van der Waals surface area contributed by atoms with Crippen LogP contribution in [0.5, 0.6) is 0 Å². The van der Waals surface area contributed by atoms with E-state index in [0.29, 0.717) is 25.1 Å². The largest absolute Gasteiger partial charge is 0.383 e. The number of para-hydroxylation sites is 1. The summed E-state index contributed by atoms with van der Waals surface area (Å²) in [5.41, 5.74) is 2.31. The van der Waals surface area contributed by atoms with Gasteiger partial charge >= 0.3 is 0 Å². The number of pyridine rings is 1. The number of hydrogen-bond acceptors (Lipinski definition) is 3. The molecule has 0 saturated carbocycles. The Kier molecular flexibility index (Phi) is 5.53. The summed E-state index contributed by atoms with van der Waals surface area (Å²) >= 11 is 6.04. The lowest BCUT2D eigenvalue weighted by molar-refractivity contribution is 0.0953. The number of carbonyl (C=O) groups excluding carboxylic acids is 1. The average Bonchev–Trinajstić information content (AvgIpc) is 2.46. The van der Waals surface area contributed by atoms with Gasteiger partial charge in [0.15, 0.2) is 0 Å². The number of hydrogen-bond donors (Lipinski definition) is 1. The van der Waals surface area contributed by atoms with Crippen LogP contribution in [0.2, 0.25) is 0 Å². The molecule has 0 aliphatic rings. The second-order valence-corrected chi connectivity index (χ2v) is 5.54. The molecule has 1 aromatic carbocycles. The molecule has 0 saturated heterocycles. The summed E-state index contributed by atoms with van der Waals surface area (Å²) in [6.07, 6.45) is 0.670. The van der Waals surface area contributed by atoms with Crippen molar-refractivity contribution >= 4 is 28.4 Å². The van der Waals surface area contributed by atoms with E-state index in [2.05, 4.69) is 10.3 Å². The molecule has 0 radical (unpaired) electrons. The molecule has 2 aromatic rings. The van der Waals surface area contributed by atoms with E-state index in [0.717, 1.165) is 16.6 Å². The van der Waals surface area contributed by atoms with Crippen LogP contribution in [0.15, 0.2) is 30.3 Å². The molecule has 0 bridgehead atoms. The molecule has 112 valence electrons. The van der Waals surface area contributed by atoms with Crippen molar-refractivity contribution in [3.63, 3.8) is 0 Å². The highest BCUT2D eigenvalue weighted by Crippen LogP contribution is 2.18. The molecule has 4 nitrogen and oxygen atoms in total. The van der Waals surface area contributed by atoms with E-state index in [1.807, 2.05) is 37.3 Å². The Morgan fingerprint density at radius 2 is 2.19 bits per heavy atom. The molecule has 21 heavy (non-hydrogen) atoms. The lowest BCUT2D eigenvalue weighted by atomic mass is 10.1. The third kappa shape index (κ3) is 4.16. The third-order valence-corrected chi connectivity index (χ3v) is 3.52. The van der Waals surface area contributed by atoms with Gasteiger partial charge in [0.1, 0.15) is 0 Å². The Hall–Kier alpha value is -1.65. The Balaban J connectivity index is 2.09. The molecule has 0 spiro atoms. The normalized spacial score (nSPS) is 12.3. The van der Waals surface area contributed by atoms with E-state index < -0.39 is 0 Å². The fourth-order valence-corrected chi connectivity index (χ4v) is 2.43. The zero-order valence-corrected chi connectivity index (χ0v) is 13.0. The lowest BCUT2D eigenvalue weighted by Crippen LogP contribution is -2.27. The summed E-state index contributed by atoms with van der Waals surface area (Å²) in [7, 11) is 1.61. The monoisotopic (exact) mass is 306 g/mol. The van der Waals surface area contributed by atoms with Crippen LogP contribution in [0.1, 0.15) is 22.5 Å². The fourth-order valence-electron chi connectivity index (χ4n) is 2.20. The van der Waals surface area contributed by atoms with Gasteiger partial charge in [0.2, 0.25) is 0 Å². The summed E-state index contributed by atoms with van der Waals surface area (Å²) in [5.74, 6) is -0.0991. The first-order chi connectivity index (χ1) is 10.1. The number of aryl methyl sites for hydroxylation is 1. The first-order valence-corrected chi connectivity index (χ1v) is 7.33. The third-order valence-electron chi connectivity index (χ3n) is 3.18. The number of fused-ring (bicyclic) bond motifs is 1. The number of methoxy groups -OCH3 is 1. The number of carbonyl (C=O) groups is 1. The standard InChI is InChI=1S/C16H19ClN2O2/c1-11-9-14(13-5-3-4-6-15(13)19-11)16(20)18-8-7-12(17)10-21-2/h3-6,9,12H,7-8,10H2,1-2H3,(H,18,20). The minimum atomic E-state index is -0.0991. The number of benzene rings is 1. The van der Waals surface area contributed by atoms with Crippen molar-refractivity contribution in [3.8, 4) is 0 Å². The summed E-state index contributed by atoms with van der Waals surface area (Å²) in [6, 6.07) is 9.45. The van der Waals surface area contributed by atoms with Gasteiger partial charge in [0, 0.05) is 24.7 Å². The first-order valence-electron chi connectivity index (χ1n) is 6.89. The molecule has 0 fully saturated rings. The van der Waals surface area contributed by atoms with Gasteiger partial charge in [0.25, 0.3) is 5.91 Å². The van der Waals surface area contributed by atoms with Gasteiger partial charge in [0.05, 0.1) is 23.1 Å². The molecule has 2 rings (SSSR count). The van der Waals surface area contributed by atoms with E-state index in [1.54, 1.807) is 7.11 Å². The van der Waals surface area contributed by atoms with E-state index in [4.69, 9.17) is 16.3 Å². The number of rotatable bonds is 6. The van der Waals surface area contributed by atoms with Gasteiger partial charge in [-0.05, 0) is 25.5 Å². The van der Waals surface area contributed by atoms with Crippen LogP contribution in [0.3, 0.4) is 0 Å². The Labute approximate surface area is 129 Å². The van der Waals surface area contributed by atoms with Crippen LogP contribution in [0.4, 0.5) is 0 Å². The highest BCUT2D eigenvalue weighted by Gasteiger charge is 2.12. The van der Waals surface area contributed by atoms with E-state index in [-0.39, 0.29) is 11.3 Å². The number of halogens is 1. The van der Waals surface area contributed by atoms with Crippen molar-refractivity contribution in [3.05, 3.63) is 41.6 Å². The molecule has 1 aromatic heterocycles. The number of alkyl halides is 1. The van der Waals surface area contributed by atoms with Crippen molar-refractivity contribution in [2.45, 2.75) is 18.7 Å². The minimum absolute atomic E-state index is 0.0915. The quantitative estimate of drug-likeness (QED) is 0.835. The van der Waals surface area contributed by atoms with Gasteiger partial charge in [-0.2, -0.15) is 0 Å². The molecular weight excluding hydrogens is 288 g/mol. The van der Waals surface area contributed by atoms with Crippen LogP contribution in [-0.4, -0.2) is 36.5 Å². The molecule has 1 N–H and O–H groups in total. The predicted molar refractivity (Wildman–Crippen MR) is 84.9 cm³/mol. The Morgan fingerprint density at radius 1 is 1.43 bits per heavy atom. The highest BCUT2D eigenvalue weighted by atomic mass is 35.5. The average molecular weight is 307 g/mol. The van der Waals surface area contributed by atoms with E-state index in [1.165, 1.54) is 0 Å². The molecule has 0 aliphatic heterocycles. The molecule has 1 amide bonds. The lowest BCUT2D eigenvalue weighted by Gasteiger charge is -2.11. The van der Waals surface area contributed by atoms with Crippen LogP contribution in [0.25, 0.3) is 10.9 Å².